The van der Waals surface area contributed by atoms with Crippen molar-refractivity contribution >= 4 is 28.2 Å². The number of alkyl halides is 3. The summed E-state index contributed by atoms with van der Waals surface area (Å²) < 4.78 is 105. The lowest BCUT2D eigenvalue weighted by Gasteiger charge is -2.40. The Kier molecular flexibility index (Phi) is 6.08. The van der Waals surface area contributed by atoms with Crippen LogP contribution in [0.5, 0.6) is 0 Å². The van der Waals surface area contributed by atoms with Gasteiger partial charge in [0.1, 0.15) is 11.2 Å². The predicted molar refractivity (Wildman–Crippen MR) is 98.4 cm³/mol. The summed E-state index contributed by atoms with van der Waals surface area (Å²) in [6.07, 6.45) is -2.13. The number of halogens is 8. The van der Waals surface area contributed by atoms with Crippen molar-refractivity contribution < 1.29 is 42.2 Å². The highest BCUT2D eigenvalue weighted by Gasteiger charge is 2.66. The van der Waals surface area contributed by atoms with Crippen LogP contribution >= 0.6 is 10.2 Å². The zero-order valence-electron chi connectivity index (χ0n) is 16.0. The average molecular weight is 493 g/mol. The molecule has 16 heteroatoms. The van der Waals surface area contributed by atoms with Gasteiger partial charge >= 0.3 is 16.4 Å². The first kappa shape index (κ1) is 25.1. The minimum Gasteiger partial charge on any atom is -0.273 e. The maximum Gasteiger partial charge on any atom is 0.416 e. The number of aromatic nitrogens is 3. The van der Waals surface area contributed by atoms with Crippen molar-refractivity contribution in [3.63, 3.8) is 0 Å². The molecule has 0 aliphatic heterocycles. The highest BCUT2D eigenvalue weighted by atomic mass is 32.5. The van der Waals surface area contributed by atoms with E-state index in [9.17, 15) is 42.2 Å². The molecule has 178 valence electrons. The van der Waals surface area contributed by atoms with Crippen LogP contribution in [0.2, 0.25) is 0 Å². The van der Waals surface area contributed by atoms with Gasteiger partial charge in [0.2, 0.25) is 5.91 Å². The number of hydrogen-bond acceptors (Lipinski definition) is 4. The highest BCUT2D eigenvalue weighted by molar-refractivity contribution is 8.45. The molecule has 0 saturated carbocycles. The van der Waals surface area contributed by atoms with Gasteiger partial charge in [-0.3, -0.25) is 20.4 Å². The Morgan fingerprint density at radius 3 is 2.31 bits per heavy atom. The molecule has 2 rings (SSSR count). The van der Waals surface area contributed by atoms with Gasteiger partial charge in [-0.1, -0.05) is 26.4 Å². The van der Waals surface area contributed by atoms with Gasteiger partial charge in [-0.2, -0.15) is 13.2 Å². The highest BCUT2D eigenvalue weighted by Crippen LogP contribution is 3.02. The van der Waals surface area contributed by atoms with Crippen LogP contribution in [-0.4, -0.2) is 26.6 Å². The predicted octanol–water partition coefficient (Wildman–Crippen LogP) is 5.04. The number of nitrogens with one attached hydrogen (secondary N) is 2. The molecule has 0 saturated heterocycles. The van der Waals surface area contributed by atoms with Crippen LogP contribution in [0.15, 0.2) is 35.5 Å². The molecule has 2 amide bonds. The fraction of sp³-hybridized carbons (Fsp3) is 0.250. The minimum atomic E-state index is -10.4. The van der Waals surface area contributed by atoms with Gasteiger partial charge < -0.3 is 0 Å². The minimum absolute atomic E-state index is 0.147. The zero-order chi connectivity index (χ0) is 24.4. The van der Waals surface area contributed by atoms with Crippen molar-refractivity contribution in [2.24, 2.45) is 0 Å². The van der Waals surface area contributed by atoms with Crippen LogP contribution in [0, 0.1) is 0 Å². The molecule has 0 spiro atoms. The Morgan fingerprint density at radius 2 is 1.75 bits per heavy atom. The number of rotatable bonds is 6. The van der Waals surface area contributed by atoms with Gasteiger partial charge in [-0.15, -0.1) is 5.10 Å². The zero-order valence-corrected chi connectivity index (χ0v) is 16.8. The van der Waals surface area contributed by atoms with Gasteiger partial charge in [0, 0.05) is 24.3 Å². The molecule has 2 N–H and O–H groups in total. The summed E-state index contributed by atoms with van der Waals surface area (Å²) >= 11 is 0. The van der Waals surface area contributed by atoms with Crippen LogP contribution < -0.4 is 10.9 Å². The molecule has 1 heterocycles. The Labute approximate surface area is 175 Å². The molecule has 0 aliphatic carbocycles. The first-order chi connectivity index (χ1) is 14.4. The fourth-order valence-electron chi connectivity index (χ4n) is 2.20. The van der Waals surface area contributed by atoms with Crippen LogP contribution in [0.1, 0.15) is 25.3 Å². The van der Waals surface area contributed by atoms with Gasteiger partial charge in [-0.25, -0.2) is 9.67 Å². The lowest BCUT2D eigenvalue weighted by molar-refractivity contribution is -0.137. The van der Waals surface area contributed by atoms with Crippen LogP contribution in [0.4, 0.5) is 32.6 Å². The van der Waals surface area contributed by atoms with E-state index in [0.717, 1.165) is 23.3 Å². The summed E-state index contributed by atoms with van der Waals surface area (Å²) in [5.74, 6) is -2.05. The van der Waals surface area contributed by atoms with Crippen molar-refractivity contribution in [1.29, 1.82) is 0 Å². The molecular formula is C16H15F8N5O2S. The lowest BCUT2D eigenvalue weighted by atomic mass is 10.1. The molecule has 2 aromatic rings. The second-order valence-corrected chi connectivity index (χ2v) is 8.77. The Hall–Kier alpha value is -3.17. The number of nitrogens with zero attached hydrogens (tertiary/aromatic N) is 3. The molecule has 1 aromatic carbocycles. The van der Waals surface area contributed by atoms with E-state index < -0.39 is 56.1 Å². The molecule has 0 fully saturated rings. The van der Waals surface area contributed by atoms with E-state index in [1.165, 1.54) is 0 Å². The maximum atomic E-state index is 13.1. The Morgan fingerprint density at radius 1 is 1.09 bits per heavy atom. The number of benzene rings is 1. The molecule has 0 atom stereocenters. The van der Waals surface area contributed by atoms with E-state index in [2.05, 4.69) is 15.5 Å². The number of carbonyl (C=O) groups is 2. The Bertz CT molecular complexity index is 1060. The fourth-order valence-corrected chi connectivity index (χ4v) is 2.90. The normalized spacial score (nSPS) is 14.7. The van der Waals surface area contributed by atoms with Crippen molar-refractivity contribution in [3.05, 3.63) is 36.2 Å². The third-order valence-corrected chi connectivity index (χ3v) is 4.75. The quantitative estimate of drug-likeness (QED) is 0.335. The summed E-state index contributed by atoms with van der Waals surface area (Å²) in [5.41, 5.74) is 1.17. The van der Waals surface area contributed by atoms with Crippen LogP contribution in [0.25, 0.3) is 17.6 Å². The van der Waals surface area contributed by atoms with Gasteiger partial charge in [0.15, 0.2) is 5.82 Å². The lowest BCUT2D eigenvalue weighted by Crippen LogP contribution is -2.40. The van der Waals surface area contributed by atoms with E-state index in [1.54, 1.807) is 6.92 Å². The molecule has 32 heavy (non-hydrogen) atoms. The van der Waals surface area contributed by atoms with E-state index >= 15 is 0 Å². The summed E-state index contributed by atoms with van der Waals surface area (Å²) in [6, 6.07) is -0.679. The monoisotopic (exact) mass is 493 g/mol. The number of amides is 2. The SMILES string of the molecule is CCCC(=O)NNC(=O)/C=C\n1cnc(-c2cc(C(F)(F)F)cc(S(F)(F)(F)(F)F)c2)n1. The van der Waals surface area contributed by atoms with Crippen molar-refractivity contribution in [3.8, 4) is 11.4 Å². The van der Waals surface area contributed by atoms with Crippen LogP contribution in [0.3, 0.4) is 0 Å². The van der Waals surface area contributed by atoms with Crippen LogP contribution in [-0.2, 0) is 15.8 Å². The standard InChI is InChI=1S/C16H15F8N5O2S/c1-2-3-13(30)26-27-14(31)4-5-29-9-25-15(28-29)10-6-11(16(17,18)19)8-12(7-10)32(20,21,22,23)24/h4-9H,2-3H2,1H3,(H,26,30)(H,27,31)/b5-4-. The topological polar surface area (TPSA) is 88.9 Å². The summed E-state index contributed by atoms with van der Waals surface area (Å²) in [4.78, 5) is 23.6. The molecule has 0 unspecified atom stereocenters. The van der Waals surface area contributed by atoms with E-state index in [0.29, 0.717) is 6.42 Å². The number of carbonyl (C=O) groups excluding carboxylic acids is 2. The first-order valence-corrected chi connectivity index (χ1v) is 10.5. The molecule has 0 bridgehead atoms. The van der Waals surface area contributed by atoms with E-state index in [-0.39, 0.29) is 18.6 Å². The molecule has 1 aromatic heterocycles. The molecule has 0 radical (unpaired) electrons. The first-order valence-electron chi connectivity index (χ1n) is 8.54. The van der Waals surface area contributed by atoms with Gasteiger partial charge in [0.25, 0.3) is 5.91 Å². The van der Waals surface area contributed by atoms with Crippen molar-refractivity contribution in [2.75, 3.05) is 0 Å². The Balaban J connectivity index is 2.32. The van der Waals surface area contributed by atoms with Gasteiger partial charge in [-0.05, 0) is 24.6 Å². The second-order valence-electron chi connectivity index (χ2n) is 6.36. The second kappa shape index (κ2) is 7.75. The number of hydrazine groups is 1. The van der Waals surface area contributed by atoms with E-state index in [1.807, 2.05) is 5.43 Å². The average Bonchev–Trinajstić information content (AvgIpc) is 3.11. The molecular weight excluding hydrogens is 478 g/mol. The summed E-state index contributed by atoms with van der Waals surface area (Å²) in [5, 5.41) is 3.55. The van der Waals surface area contributed by atoms with Gasteiger partial charge in [0.05, 0.1) is 5.56 Å². The third-order valence-electron chi connectivity index (χ3n) is 3.63. The van der Waals surface area contributed by atoms with Crippen molar-refractivity contribution in [1.82, 2.24) is 25.6 Å². The van der Waals surface area contributed by atoms with Crippen molar-refractivity contribution in [2.45, 2.75) is 30.8 Å². The largest absolute Gasteiger partial charge is 0.416 e. The third kappa shape index (κ3) is 6.93. The maximum absolute atomic E-state index is 13.1. The summed E-state index contributed by atoms with van der Waals surface area (Å²) in [6.45, 7) is 1.73. The van der Waals surface area contributed by atoms with E-state index in [4.69, 9.17) is 0 Å². The summed E-state index contributed by atoms with van der Waals surface area (Å²) in [7, 11) is -10.4. The smallest absolute Gasteiger partial charge is 0.273 e. The molecule has 0 aliphatic rings. The molecule has 7 nitrogen and oxygen atoms in total. The number of hydrogen-bond donors (Lipinski definition) is 2.